The predicted octanol–water partition coefficient (Wildman–Crippen LogP) is 3.94. The Labute approximate surface area is 175 Å². The molecule has 30 heavy (non-hydrogen) atoms. The van der Waals surface area contributed by atoms with Crippen LogP contribution in [0.5, 0.6) is 0 Å². The van der Waals surface area contributed by atoms with Gasteiger partial charge in [-0.3, -0.25) is 9.79 Å². The largest absolute Gasteiger partial charge is 0.480 e. The summed E-state index contributed by atoms with van der Waals surface area (Å²) < 4.78 is 0. The molecular weight excluding hydrogens is 376 g/mol. The van der Waals surface area contributed by atoms with E-state index in [1.165, 1.54) is 0 Å². The quantitative estimate of drug-likeness (QED) is 0.589. The fourth-order valence-electron chi connectivity index (χ4n) is 3.50. The Hall–Kier alpha value is -3.73. The van der Waals surface area contributed by atoms with Crippen LogP contribution in [0.3, 0.4) is 0 Å². The van der Waals surface area contributed by atoms with Gasteiger partial charge in [0.25, 0.3) is 0 Å². The summed E-state index contributed by atoms with van der Waals surface area (Å²) in [5.74, 6) is -1.51. The molecule has 0 heterocycles. The van der Waals surface area contributed by atoms with Crippen molar-refractivity contribution in [2.24, 2.45) is 10.7 Å². The third kappa shape index (κ3) is 4.81. The van der Waals surface area contributed by atoms with E-state index < -0.39 is 17.9 Å². The van der Waals surface area contributed by atoms with E-state index >= 15 is 0 Å². The van der Waals surface area contributed by atoms with E-state index in [-0.39, 0.29) is 6.42 Å². The van der Waals surface area contributed by atoms with Gasteiger partial charge in [-0.1, -0.05) is 60.7 Å². The fraction of sp³-hybridized carbons (Fsp3) is 0.160. The van der Waals surface area contributed by atoms with Crippen LogP contribution in [-0.4, -0.2) is 28.7 Å². The highest BCUT2D eigenvalue weighted by atomic mass is 16.4. The number of hydrogen-bond acceptors (Lipinski definition) is 3. The molecule has 0 aliphatic rings. The molecule has 3 N–H and O–H groups in total. The molecule has 0 saturated heterocycles. The summed E-state index contributed by atoms with van der Waals surface area (Å²) in [6, 6.07) is 21.5. The maximum atomic E-state index is 12.1. The topological polar surface area (TPSA) is 92.8 Å². The summed E-state index contributed by atoms with van der Waals surface area (Å²) in [4.78, 5) is 28.3. The summed E-state index contributed by atoms with van der Waals surface area (Å²) in [7, 11) is 0. The lowest BCUT2D eigenvalue weighted by Crippen LogP contribution is -2.24. The zero-order valence-electron chi connectivity index (χ0n) is 17.0. The molecule has 0 bridgehead atoms. The highest BCUT2D eigenvalue weighted by Crippen LogP contribution is 2.21. The van der Waals surface area contributed by atoms with Gasteiger partial charge >= 0.3 is 5.97 Å². The van der Waals surface area contributed by atoms with Crippen LogP contribution in [0, 0.1) is 13.8 Å². The van der Waals surface area contributed by atoms with Gasteiger partial charge in [-0.2, -0.15) is 0 Å². The van der Waals surface area contributed by atoms with Gasteiger partial charge in [-0.25, -0.2) is 4.79 Å². The van der Waals surface area contributed by atoms with Crippen molar-refractivity contribution in [1.29, 1.82) is 0 Å². The summed E-state index contributed by atoms with van der Waals surface area (Å²) in [5, 5.41) is 9.92. The molecule has 0 aliphatic heterocycles. The standard InChI is InChI=1S/C25H24N2O3/c1-16-13-20(24(26)28)14-17(2)21(16)15-22(25(29)30)27-23(18-9-5-3-6-10-18)19-11-7-4-8-12-19/h3-14,22H,15H2,1-2H3,(H2,26,28)(H,29,30). The van der Waals surface area contributed by atoms with Gasteiger partial charge in [-0.05, 0) is 42.7 Å². The molecule has 0 radical (unpaired) electrons. The fourth-order valence-corrected chi connectivity index (χ4v) is 3.50. The van der Waals surface area contributed by atoms with E-state index in [2.05, 4.69) is 4.99 Å². The second-order valence-corrected chi connectivity index (χ2v) is 7.22. The van der Waals surface area contributed by atoms with Crippen molar-refractivity contribution in [2.75, 3.05) is 0 Å². The molecular formula is C25H24N2O3. The summed E-state index contributed by atoms with van der Waals surface area (Å²) >= 11 is 0. The zero-order chi connectivity index (χ0) is 21.7. The van der Waals surface area contributed by atoms with Crippen LogP contribution in [0.25, 0.3) is 0 Å². The Morgan fingerprint density at radius 2 is 1.33 bits per heavy atom. The molecule has 5 heteroatoms. The number of carboxylic acids is 1. The second kappa shape index (κ2) is 9.18. The number of nitrogens with two attached hydrogens (primary N) is 1. The maximum absolute atomic E-state index is 12.1. The molecule has 3 aromatic carbocycles. The lowest BCUT2D eigenvalue weighted by Gasteiger charge is -2.16. The van der Waals surface area contributed by atoms with E-state index in [4.69, 9.17) is 5.73 Å². The first kappa shape index (κ1) is 21.0. The Balaban J connectivity index is 2.06. The zero-order valence-corrected chi connectivity index (χ0v) is 17.0. The number of rotatable bonds is 7. The number of nitrogens with zero attached hydrogens (tertiary/aromatic N) is 1. The number of hydrogen-bond donors (Lipinski definition) is 2. The van der Waals surface area contributed by atoms with Crippen LogP contribution in [0.4, 0.5) is 0 Å². The summed E-state index contributed by atoms with van der Waals surface area (Å²) in [5.41, 5.74) is 10.7. The molecule has 1 unspecified atom stereocenters. The number of primary amides is 1. The number of benzene rings is 3. The lowest BCUT2D eigenvalue weighted by atomic mass is 9.93. The molecule has 0 saturated carbocycles. The number of amides is 1. The first-order valence-corrected chi connectivity index (χ1v) is 9.68. The Kier molecular flexibility index (Phi) is 6.42. The van der Waals surface area contributed by atoms with Crippen LogP contribution in [0.15, 0.2) is 77.8 Å². The Morgan fingerprint density at radius 3 is 1.73 bits per heavy atom. The van der Waals surface area contributed by atoms with Gasteiger partial charge in [0.1, 0.15) is 0 Å². The minimum Gasteiger partial charge on any atom is -0.480 e. The molecule has 1 amide bonds. The van der Waals surface area contributed by atoms with E-state index in [1.54, 1.807) is 12.1 Å². The van der Waals surface area contributed by atoms with Crippen LogP contribution < -0.4 is 5.73 Å². The average Bonchev–Trinajstić information content (AvgIpc) is 2.73. The molecule has 0 spiro atoms. The van der Waals surface area contributed by atoms with Crippen LogP contribution in [0.1, 0.15) is 38.2 Å². The van der Waals surface area contributed by atoms with Gasteiger partial charge in [0.2, 0.25) is 5.91 Å². The number of aliphatic imine (C=N–C) groups is 1. The summed E-state index contributed by atoms with van der Waals surface area (Å²) in [6.07, 6.45) is 0.217. The van der Waals surface area contributed by atoms with Gasteiger partial charge in [0.15, 0.2) is 6.04 Å². The molecule has 152 valence electrons. The second-order valence-electron chi connectivity index (χ2n) is 7.22. The highest BCUT2D eigenvalue weighted by molar-refractivity contribution is 6.13. The third-order valence-corrected chi connectivity index (χ3v) is 5.04. The van der Waals surface area contributed by atoms with Crippen molar-refractivity contribution in [3.63, 3.8) is 0 Å². The predicted molar refractivity (Wildman–Crippen MR) is 118 cm³/mol. The van der Waals surface area contributed by atoms with Crippen molar-refractivity contribution in [1.82, 2.24) is 0 Å². The number of carbonyl (C=O) groups excluding carboxylic acids is 1. The maximum Gasteiger partial charge on any atom is 0.328 e. The molecule has 3 aromatic rings. The van der Waals surface area contributed by atoms with Gasteiger partial charge in [-0.15, -0.1) is 0 Å². The SMILES string of the molecule is Cc1cc(C(N)=O)cc(C)c1CC(N=C(c1ccccc1)c1ccccc1)C(=O)O. The van der Waals surface area contributed by atoms with Crippen molar-refractivity contribution in [3.8, 4) is 0 Å². The molecule has 5 nitrogen and oxygen atoms in total. The van der Waals surface area contributed by atoms with E-state index in [9.17, 15) is 14.7 Å². The minimum atomic E-state index is -1.00. The van der Waals surface area contributed by atoms with Crippen molar-refractivity contribution < 1.29 is 14.7 Å². The van der Waals surface area contributed by atoms with Gasteiger partial charge in [0, 0.05) is 23.1 Å². The number of carboxylic acid groups (broad SMARTS) is 1. The first-order valence-electron chi connectivity index (χ1n) is 9.68. The molecule has 1 atom stereocenters. The average molecular weight is 400 g/mol. The summed E-state index contributed by atoms with van der Waals surface area (Å²) in [6.45, 7) is 3.71. The van der Waals surface area contributed by atoms with Crippen molar-refractivity contribution in [2.45, 2.75) is 26.3 Å². The van der Waals surface area contributed by atoms with Crippen molar-refractivity contribution >= 4 is 17.6 Å². The van der Waals surface area contributed by atoms with E-state index in [0.717, 1.165) is 27.8 Å². The monoisotopic (exact) mass is 400 g/mol. The molecule has 0 aromatic heterocycles. The van der Waals surface area contributed by atoms with Crippen LogP contribution in [-0.2, 0) is 11.2 Å². The normalized spacial score (nSPS) is 11.5. The lowest BCUT2D eigenvalue weighted by molar-refractivity contribution is -0.138. The number of aryl methyl sites for hydroxylation is 2. The Bertz CT molecular complexity index is 1030. The molecule has 0 aliphatic carbocycles. The van der Waals surface area contributed by atoms with Crippen LogP contribution >= 0.6 is 0 Å². The minimum absolute atomic E-state index is 0.217. The molecule has 3 rings (SSSR count). The smallest absolute Gasteiger partial charge is 0.328 e. The highest BCUT2D eigenvalue weighted by Gasteiger charge is 2.22. The van der Waals surface area contributed by atoms with E-state index in [0.29, 0.717) is 11.3 Å². The van der Waals surface area contributed by atoms with Crippen LogP contribution in [0.2, 0.25) is 0 Å². The number of carbonyl (C=O) groups is 2. The molecule has 0 fully saturated rings. The van der Waals surface area contributed by atoms with Gasteiger partial charge in [0.05, 0.1) is 5.71 Å². The van der Waals surface area contributed by atoms with E-state index in [1.807, 2.05) is 74.5 Å². The number of aliphatic carboxylic acids is 1. The van der Waals surface area contributed by atoms with Gasteiger partial charge < -0.3 is 10.8 Å². The van der Waals surface area contributed by atoms with Crippen molar-refractivity contribution in [3.05, 3.63) is 106 Å². The third-order valence-electron chi connectivity index (χ3n) is 5.04. The first-order chi connectivity index (χ1) is 14.4. The Morgan fingerprint density at radius 1 is 0.867 bits per heavy atom.